The van der Waals surface area contributed by atoms with Gasteiger partial charge in [-0.1, -0.05) is 45.4 Å². The minimum atomic E-state index is 0.359. The zero-order chi connectivity index (χ0) is 15.0. The van der Waals surface area contributed by atoms with Gasteiger partial charge >= 0.3 is 0 Å². The van der Waals surface area contributed by atoms with Gasteiger partial charge in [0.1, 0.15) is 5.78 Å². The quantitative estimate of drug-likeness (QED) is 0.598. The van der Waals surface area contributed by atoms with Crippen LogP contribution < -0.4 is 0 Å². The Morgan fingerprint density at radius 2 is 1.65 bits per heavy atom. The van der Waals surface area contributed by atoms with Gasteiger partial charge in [-0.25, -0.2) is 0 Å². The molecule has 0 amide bonds. The molecule has 0 aliphatic heterocycles. The van der Waals surface area contributed by atoms with Gasteiger partial charge in [0.2, 0.25) is 0 Å². The topological polar surface area (TPSA) is 34.9 Å². The van der Waals surface area contributed by atoms with E-state index in [0.717, 1.165) is 29.8 Å². The Bertz CT molecular complexity index is 421. The first-order valence-electron chi connectivity index (χ1n) is 8.07. The van der Waals surface area contributed by atoms with E-state index >= 15 is 0 Å². The van der Waals surface area contributed by atoms with Crippen molar-refractivity contribution in [1.82, 2.24) is 9.78 Å². The second kappa shape index (κ2) is 8.93. The molecule has 1 aromatic rings. The first kappa shape index (κ1) is 16.9. The molecule has 3 heteroatoms. The van der Waals surface area contributed by atoms with Crippen LogP contribution in [-0.2, 0) is 18.3 Å². The molecule has 0 saturated carbocycles. The predicted molar refractivity (Wildman–Crippen MR) is 84.0 cm³/mol. The lowest BCUT2D eigenvalue weighted by atomic mass is 10.0. The first-order chi connectivity index (χ1) is 9.56. The van der Waals surface area contributed by atoms with Crippen molar-refractivity contribution >= 4 is 5.78 Å². The van der Waals surface area contributed by atoms with Crippen molar-refractivity contribution in [3.63, 3.8) is 0 Å². The molecule has 0 atom stereocenters. The van der Waals surface area contributed by atoms with Gasteiger partial charge in [-0.05, 0) is 20.3 Å². The van der Waals surface area contributed by atoms with Gasteiger partial charge in [0.25, 0.3) is 0 Å². The number of hydrogen-bond donors (Lipinski definition) is 0. The lowest BCUT2D eigenvalue weighted by Crippen LogP contribution is -2.04. The van der Waals surface area contributed by atoms with E-state index in [1.54, 1.807) is 0 Å². The lowest BCUT2D eigenvalue weighted by molar-refractivity contribution is -0.118. The summed E-state index contributed by atoms with van der Waals surface area (Å²) in [6.45, 7) is 6.26. The maximum atomic E-state index is 12.0. The maximum Gasteiger partial charge on any atom is 0.137 e. The van der Waals surface area contributed by atoms with Crippen LogP contribution in [0.3, 0.4) is 0 Å². The van der Waals surface area contributed by atoms with E-state index < -0.39 is 0 Å². The van der Waals surface area contributed by atoms with E-state index in [4.69, 9.17) is 0 Å². The Morgan fingerprint density at radius 3 is 2.20 bits per heavy atom. The molecule has 1 aromatic heterocycles. The second-order valence-electron chi connectivity index (χ2n) is 5.86. The molecule has 1 heterocycles. The third-order valence-electron chi connectivity index (χ3n) is 4.09. The van der Waals surface area contributed by atoms with E-state index in [0.29, 0.717) is 12.2 Å². The molecular formula is C17H30N2O. The summed E-state index contributed by atoms with van der Waals surface area (Å²) in [4.78, 5) is 12.0. The molecule has 1 rings (SSSR count). The minimum absolute atomic E-state index is 0.359. The van der Waals surface area contributed by atoms with E-state index in [2.05, 4.69) is 12.0 Å². The zero-order valence-corrected chi connectivity index (χ0v) is 13.7. The average molecular weight is 278 g/mol. The largest absolute Gasteiger partial charge is 0.299 e. The van der Waals surface area contributed by atoms with Crippen molar-refractivity contribution < 1.29 is 4.79 Å². The van der Waals surface area contributed by atoms with Crippen molar-refractivity contribution in [3.8, 4) is 0 Å². The average Bonchev–Trinajstić information content (AvgIpc) is 2.64. The molecule has 0 aromatic carbocycles. The Balaban J connectivity index is 2.20. The second-order valence-corrected chi connectivity index (χ2v) is 5.86. The fourth-order valence-corrected chi connectivity index (χ4v) is 2.64. The van der Waals surface area contributed by atoms with Crippen molar-refractivity contribution in [2.24, 2.45) is 7.05 Å². The number of nitrogens with zero attached hydrogens (tertiary/aromatic N) is 2. The van der Waals surface area contributed by atoms with Gasteiger partial charge in [-0.2, -0.15) is 5.10 Å². The summed E-state index contributed by atoms with van der Waals surface area (Å²) in [7, 11) is 1.94. The predicted octanol–water partition coefficient (Wildman–Crippen LogP) is 4.29. The highest BCUT2D eigenvalue weighted by molar-refractivity contribution is 5.81. The lowest BCUT2D eigenvalue weighted by Gasteiger charge is -2.03. The fraction of sp³-hybridized carbons (Fsp3) is 0.765. The van der Waals surface area contributed by atoms with Gasteiger partial charge in [0.05, 0.1) is 5.69 Å². The SMILES string of the molecule is CCCCCCCCCC(=O)Cc1c(C)nn(C)c1C. The smallest absolute Gasteiger partial charge is 0.137 e. The van der Waals surface area contributed by atoms with Crippen molar-refractivity contribution in [2.45, 2.75) is 78.6 Å². The van der Waals surface area contributed by atoms with E-state index in [1.807, 2.05) is 25.6 Å². The number of unbranched alkanes of at least 4 members (excludes halogenated alkanes) is 6. The molecule has 0 N–H and O–H groups in total. The number of carbonyl (C=O) groups excluding carboxylic acids is 1. The van der Waals surface area contributed by atoms with Crippen molar-refractivity contribution in [2.75, 3.05) is 0 Å². The summed E-state index contributed by atoms with van der Waals surface area (Å²) in [5, 5.41) is 4.37. The number of rotatable bonds is 10. The summed E-state index contributed by atoms with van der Waals surface area (Å²) in [6, 6.07) is 0. The Kier molecular flexibility index (Phi) is 7.56. The van der Waals surface area contributed by atoms with Crippen LogP contribution in [0.15, 0.2) is 0 Å². The number of carbonyl (C=O) groups is 1. The molecule has 0 aliphatic carbocycles. The molecule has 0 fully saturated rings. The van der Waals surface area contributed by atoms with Gasteiger partial charge in [0, 0.05) is 31.1 Å². The fourth-order valence-electron chi connectivity index (χ4n) is 2.64. The molecule has 20 heavy (non-hydrogen) atoms. The van der Waals surface area contributed by atoms with Gasteiger partial charge in [-0.3, -0.25) is 9.48 Å². The minimum Gasteiger partial charge on any atom is -0.299 e. The van der Waals surface area contributed by atoms with Crippen LogP contribution in [0.2, 0.25) is 0 Å². The third-order valence-corrected chi connectivity index (χ3v) is 4.09. The Labute approximate surface area is 123 Å². The van der Waals surface area contributed by atoms with Crippen LogP contribution in [0.4, 0.5) is 0 Å². The normalized spacial score (nSPS) is 11.0. The number of hydrogen-bond acceptors (Lipinski definition) is 2. The van der Waals surface area contributed by atoms with Crippen LogP contribution in [0.25, 0.3) is 0 Å². The summed E-state index contributed by atoms with van der Waals surface area (Å²) in [5.41, 5.74) is 3.24. The van der Waals surface area contributed by atoms with Gasteiger partial charge in [-0.15, -0.1) is 0 Å². The molecule has 0 radical (unpaired) electrons. The molecule has 0 unspecified atom stereocenters. The number of aromatic nitrogens is 2. The van der Waals surface area contributed by atoms with Crippen LogP contribution in [-0.4, -0.2) is 15.6 Å². The molecule has 0 aliphatic rings. The standard InChI is InChI=1S/C17H30N2O/c1-5-6-7-8-9-10-11-12-16(20)13-17-14(2)18-19(4)15(17)3/h5-13H2,1-4H3. The molecule has 114 valence electrons. The molecule has 0 spiro atoms. The van der Waals surface area contributed by atoms with Crippen LogP contribution in [0.5, 0.6) is 0 Å². The molecule has 0 bridgehead atoms. The van der Waals surface area contributed by atoms with Crippen molar-refractivity contribution in [3.05, 3.63) is 17.0 Å². The number of Topliss-reactive ketones (excluding diaryl/α,β-unsaturated/α-hetero) is 1. The molecule has 0 saturated heterocycles. The van der Waals surface area contributed by atoms with Crippen molar-refractivity contribution in [1.29, 1.82) is 0 Å². The summed E-state index contributed by atoms with van der Waals surface area (Å²) >= 11 is 0. The highest BCUT2D eigenvalue weighted by atomic mass is 16.1. The monoisotopic (exact) mass is 278 g/mol. The summed E-state index contributed by atoms with van der Waals surface area (Å²) in [6.07, 6.45) is 10.1. The zero-order valence-electron chi connectivity index (χ0n) is 13.7. The summed E-state index contributed by atoms with van der Waals surface area (Å²) < 4.78 is 1.87. The Morgan fingerprint density at radius 1 is 1.05 bits per heavy atom. The van der Waals surface area contributed by atoms with E-state index in [1.165, 1.54) is 38.5 Å². The van der Waals surface area contributed by atoms with E-state index in [-0.39, 0.29) is 0 Å². The molecule has 3 nitrogen and oxygen atoms in total. The van der Waals surface area contributed by atoms with E-state index in [9.17, 15) is 4.79 Å². The number of aryl methyl sites for hydroxylation is 2. The van der Waals surface area contributed by atoms with Crippen LogP contribution in [0.1, 0.15) is 75.2 Å². The van der Waals surface area contributed by atoms with Crippen LogP contribution >= 0.6 is 0 Å². The third kappa shape index (κ3) is 5.48. The Hall–Kier alpha value is -1.12. The van der Waals surface area contributed by atoms with Gasteiger partial charge < -0.3 is 0 Å². The first-order valence-corrected chi connectivity index (χ1v) is 8.07. The van der Waals surface area contributed by atoms with Crippen LogP contribution in [0, 0.1) is 13.8 Å². The highest BCUT2D eigenvalue weighted by Crippen LogP contribution is 2.15. The van der Waals surface area contributed by atoms with Gasteiger partial charge in [0.15, 0.2) is 0 Å². The summed E-state index contributed by atoms with van der Waals surface area (Å²) in [5.74, 6) is 0.359. The maximum absolute atomic E-state index is 12.0. The number of ketones is 1. The molecular weight excluding hydrogens is 248 g/mol. The highest BCUT2D eigenvalue weighted by Gasteiger charge is 2.13.